The summed E-state index contributed by atoms with van der Waals surface area (Å²) in [5.41, 5.74) is -1.26. The van der Waals surface area contributed by atoms with Gasteiger partial charge in [0.1, 0.15) is 29.9 Å². The van der Waals surface area contributed by atoms with E-state index in [1.54, 1.807) is 6.07 Å². The Morgan fingerprint density at radius 1 is 1.13 bits per heavy atom. The molecule has 2 bridgehead atoms. The van der Waals surface area contributed by atoms with E-state index < -0.39 is 40.5 Å². The van der Waals surface area contributed by atoms with E-state index in [0.717, 1.165) is 38.3 Å². The number of anilines is 1. The van der Waals surface area contributed by atoms with Crippen LogP contribution in [0.25, 0.3) is 32.8 Å². The fourth-order valence-corrected chi connectivity index (χ4v) is 8.42. The lowest BCUT2D eigenvalue weighted by Gasteiger charge is -2.40. The molecule has 238 valence electrons. The van der Waals surface area contributed by atoms with Crippen LogP contribution in [-0.4, -0.2) is 76.1 Å². The number of aromatic nitrogens is 2. The average Bonchev–Trinajstić information content (AvgIpc) is 3.65. The van der Waals surface area contributed by atoms with Gasteiger partial charge in [-0.2, -0.15) is 9.97 Å². The molecule has 4 fully saturated rings. The van der Waals surface area contributed by atoms with Gasteiger partial charge in [-0.25, -0.2) is 17.6 Å². The van der Waals surface area contributed by atoms with Crippen molar-refractivity contribution in [1.29, 1.82) is 0 Å². The van der Waals surface area contributed by atoms with Crippen molar-refractivity contribution < 1.29 is 27.4 Å². The van der Waals surface area contributed by atoms with Gasteiger partial charge in [0.05, 0.1) is 11.1 Å². The van der Waals surface area contributed by atoms with Crippen LogP contribution in [0.4, 0.5) is 23.4 Å². The zero-order chi connectivity index (χ0) is 32.0. The van der Waals surface area contributed by atoms with E-state index >= 15 is 13.2 Å². The van der Waals surface area contributed by atoms with Gasteiger partial charge < -0.3 is 20.1 Å². The first-order valence-corrected chi connectivity index (χ1v) is 15.7. The highest BCUT2D eigenvalue weighted by atomic mass is 19.1. The monoisotopic (exact) mass is 631 g/mol. The third-order valence-corrected chi connectivity index (χ3v) is 10.5. The molecule has 1 aromatic heterocycles. The molecule has 4 aromatic rings. The number of piperazine rings is 1. The van der Waals surface area contributed by atoms with Gasteiger partial charge in [-0.3, -0.25) is 4.90 Å². The van der Waals surface area contributed by atoms with Crippen molar-refractivity contribution >= 4 is 27.5 Å². The summed E-state index contributed by atoms with van der Waals surface area (Å²) in [5, 5.41) is 14.3. The second-order valence-corrected chi connectivity index (χ2v) is 13.6. The number of alkyl halides is 1. The Bertz CT molecular complexity index is 1970. The number of rotatable bonds is 5. The predicted molar refractivity (Wildman–Crippen MR) is 167 cm³/mol. The first-order chi connectivity index (χ1) is 22.1. The smallest absolute Gasteiger partial charge is 0.319 e. The van der Waals surface area contributed by atoms with Crippen LogP contribution in [0.15, 0.2) is 30.3 Å². The molecule has 5 heterocycles. The van der Waals surface area contributed by atoms with Crippen LogP contribution in [0.1, 0.15) is 44.6 Å². The number of hydrogen-bond acceptors (Lipinski definition) is 7. The first kappa shape index (κ1) is 29.3. The summed E-state index contributed by atoms with van der Waals surface area (Å²) in [6.07, 6.45) is 8.72. The molecule has 0 spiro atoms. The summed E-state index contributed by atoms with van der Waals surface area (Å²) in [6, 6.07) is 6.72. The van der Waals surface area contributed by atoms with E-state index in [1.165, 1.54) is 18.2 Å². The van der Waals surface area contributed by atoms with Gasteiger partial charge >= 0.3 is 6.01 Å². The number of nitrogens with zero attached hydrogens (tertiary/aromatic N) is 4. The summed E-state index contributed by atoms with van der Waals surface area (Å²) in [7, 11) is 0. The van der Waals surface area contributed by atoms with Crippen LogP contribution in [0.5, 0.6) is 11.8 Å². The molecule has 0 aliphatic carbocycles. The van der Waals surface area contributed by atoms with Crippen molar-refractivity contribution in [3.8, 4) is 35.2 Å². The van der Waals surface area contributed by atoms with E-state index in [1.807, 2.05) is 4.90 Å². The SMILES string of the molecule is C#Cc1cccc2c(F)c(O)cc(-c3c(F)cc4c(N5C[C@H]6CC[C@@](C)(C5)N6)nc(OC[C@@]56CCCN5C[C@H](F)C6)nc4c3F)c12. The number of hydrogen-bond donors (Lipinski definition) is 2. The Balaban J connectivity index is 1.31. The summed E-state index contributed by atoms with van der Waals surface area (Å²) in [5.74, 6) is -0.857. The fraction of sp³-hybridized carbons (Fsp3) is 0.429. The molecule has 0 unspecified atom stereocenters. The van der Waals surface area contributed by atoms with Crippen molar-refractivity contribution in [2.24, 2.45) is 0 Å². The maximum atomic E-state index is 16.9. The lowest BCUT2D eigenvalue weighted by atomic mass is 9.92. The highest BCUT2D eigenvalue weighted by molar-refractivity contribution is 6.04. The second kappa shape index (κ2) is 10.4. The Morgan fingerprint density at radius 3 is 2.78 bits per heavy atom. The maximum absolute atomic E-state index is 16.9. The minimum absolute atomic E-state index is 0.0654. The highest BCUT2D eigenvalue weighted by Gasteiger charge is 2.49. The third-order valence-electron chi connectivity index (χ3n) is 10.5. The number of fused-ring (bicyclic) bond motifs is 5. The van der Waals surface area contributed by atoms with E-state index in [2.05, 4.69) is 28.0 Å². The lowest BCUT2D eigenvalue weighted by Crippen LogP contribution is -2.58. The van der Waals surface area contributed by atoms with E-state index in [0.29, 0.717) is 31.9 Å². The molecule has 0 radical (unpaired) electrons. The molecule has 4 aliphatic rings. The minimum atomic E-state index is -1.02. The number of terminal acetylenes is 1. The van der Waals surface area contributed by atoms with Crippen molar-refractivity contribution in [1.82, 2.24) is 20.2 Å². The molecule has 3 aromatic carbocycles. The number of phenolic OH excluding ortho intramolecular Hbond substituents is 1. The molecular weight excluding hydrogens is 598 g/mol. The number of benzene rings is 3. The normalized spacial score (nSPS) is 27.4. The van der Waals surface area contributed by atoms with Crippen LogP contribution < -0.4 is 15.0 Å². The molecule has 0 amide bonds. The predicted octanol–water partition coefficient (Wildman–Crippen LogP) is 5.84. The van der Waals surface area contributed by atoms with Gasteiger partial charge in [0.25, 0.3) is 0 Å². The lowest BCUT2D eigenvalue weighted by molar-refractivity contribution is 0.107. The number of nitrogens with one attached hydrogen (secondary N) is 1. The Labute approximate surface area is 263 Å². The molecule has 8 rings (SSSR count). The summed E-state index contributed by atoms with van der Waals surface area (Å²) in [4.78, 5) is 13.3. The van der Waals surface area contributed by atoms with E-state index in [4.69, 9.17) is 16.1 Å². The topological polar surface area (TPSA) is 73.8 Å². The summed E-state index contributed by atoms with van der Waals surface area (Å²) in [6.45, 7) is 4.53. The molecule has 4 atom stereocenters. The number of halogens is 4. The zero-order valence-corrected chi connectivity index (χ0v) is 25.3. The molecule has 4 aliphatic heterocycles. The molecule has 46 heavy (non-hydrogen) atoms. The van der Waals surface area contributed by atoms with Crippen molar-refractivity contribution in [3.05, 3.63) is 53.3 Å². The van der Waals surface area contributed by atoms with Gasteiger partial charge in [0.15, 0.2) is 17.4 Å². The number of ether oxygens (including phenoxy) is 1. The van der Waals surface area contributed by atoms with Crippen molar-refractivity contribution in [2.45, 2.75) is 62.3 Å². The average molecular weight is 632 g/mol. The van der Waals surface area contributed by atoms with Crippen LogP contribution >= 0.6 is 0 Å². The third kappa shape index (κ3) is 4.48. The quantitative estimate of drug-likeness (QED) is 0.212. The van der Waals surface area contributed by atoms with Crippen LogP contribution in [0, 0.1) is 29.8 Å². The number of aromatic hydroxyl groups is 1. The maximum Gasteiger partial charge on any atom is 0.319 e. The largest absolute Gasteiger partial charge is 0.505 e. The van der Waals surface area contributed by atoms with Gasteiger partial charge in [-0.1, -0.05) is 18.1 Å². The Kier molecular flexibility index (Phi) is 6.64. The van der Waals surface area contributed by atoms with Crippen LogP contribution in [0.2, 0.25) is 0 Å². The van der Waals surface area contributed by atoms with Crippen LogP contribution in [-0.2, 0) is 0 Å². The number of phenols is 1. The van der Waals surface area contributed by atoms with Gasteiger partial charge in [0.2, 0.25) is 0 Å². The van der Waals surface area contributed by atoms with Gasteiger partial charge in [-0.05, 0) is 57.4 Å². The van der Waals surface area contributed by atoms with Crippen molar-refractivity contribution in [3.63, 3.8) is 0 Å². The second-order valence-electron chi connectivity index (χ2n) is 13.6. The highest BCUT2D eigenvalue weighted by Crippen LogP contribution is 2.44. The van der Waals surface area contributed by atoms with Crippen molar-refractivity contribution in [2.75, 3.05) is 37.7 Å². The van der Waals surface area contributed by atoms with E-state index in [9.17, 15) is 9.50 Å². The molecular formula is C35H33F4N5O2. The standard InChI is InChI=1S/C35H33F4N5O2/c1-3-19-6-4-7-22-27(19)23(13-26(45)29(22)38)28-25(37)12-24-31(30(28)39)40-33(46-18-35-9-5-11-44(35)15-20(36)14-35)41-32(24)43-16-21-8-10-34(2,17-43)42-21/h1,4,6-7,12-13,20-21,42,45H,5,8-11,14-18H2,2H3/t20-,21-,34+,35+/m1/s1. The van der Waals surface area contributed by atoms with Crippen LogP contribution in [0.3, 0.4) is 0 Å². The van der Waals surface area contributed by atoms with E-state index in [-0.39, 0.29) is 57.0 Å². The first-order valence-electron chi connectivity index (χ1n) is 15.7. The minimum Gasteiger partial charge on any atom is -0.505 e. The Morgan fingerprint density at radius 2 is 1.98 bits per heavy atom. The zero-order valence-electron chi connectivity index (χ0n) is 25.3. The molecule has 4 saturated heterocycles. The summed E-state index contributed by atoms with van der Waals surface area (Å²) < 4.78 is 68.9. The van der Waals surface area contributed by atoms with Gasteiger partial charge in [-0.15, -0.1) is 6.42 Å². The summed E-state index contributed by atoms with van der Waals surface area (Å²) >= 11 is 0. The fourth-order valence-electron chi connectivity index (χ4n) is 8.42. The molecule has 2 N–H and O–H groups in total. The molecule has 7 nitrogen and oxygen atoms in total. The molecule has 0 saturated carbocycles. The Hall–Kier alpha value is -4.14. The molecule has 11 heteroatoms. The van der Waals surface area contributed by atoms with Gasteiger partial charge in [0, 0.05) is 64.9 Å².